The lowest BCUT2D eigenvalue weighted by atomic mass is 9.84. The van der Waals surface area contributed by atoms with Gasteiger partial charge in [-0.3, -0.25) is 19.2 Å². The Bertz CT molecular complexity index is 2690. The third kappa shape index (κ3) is 39.9. The topological polar surface area (TPSA) is 251 Å². The van der Waals surface area contributed by atoms with E-state index in [0.717, 1.165) is 37.8 Å². The smallest absolute Gasteiger partial charge is 0.332 e. The van der Waals surface area contributed by atoms with Gasteiger partial charge in [0.05, 0.1) is 80.1 Å². The van der Waals surface area contributed by atoms with Crippen molar-refractivity contribution in [3.05, 3.63) is 132 Å². The SMILES string of the molecule is C.C.CCCOCCOCC(=O)O[C@H](CC)C[C@H](OC)[C@@H](C)CCC(OC(=O)C(C)C)[C@H](C)[C@H](OC)[C@H](C)/C=C/N(C)C=O.CC[C@@H](O)C[C@H](OC)[C@@H](C)CCC(OC(=O)C(C)C)[C@H](C)[C@H](OC)[C@H](C)/C=C/N(C)C=O.O=C(O)COCCOCCSC(c1ccccc1)(c1ccccc1)c1ccccc1. The summed E-state index contributed by atoms with van der Waals surface area (Å²) in [5, 5.41) is 18.6. The van der Waals surface area contributed by atoms with Crippen LogP contribution in [0.3, 0.4) is 0 Å². The maximum atomic E-state index is 12.6. The van der Waals surface area contributed by atoms with Crippen LogP contribution >= 0.6 is 11.8 Å². The summed E-state index contributed by atoms with van der Waals surface area (Å²) < 4.78 is 61.8. The number of aliphatic carboxylic acids is 1. The van der Waals surface area contributed by atoms with E-state index in [1.54, 1.807) is 54.9 Å². The Kier molecular flexibility index (Phi) is 57.6. The summed E-state index contributed by atoms with van der Waals surface area (Å²) in [7, 11) is 10.00. The van der Waals surface area contributed by atoms with Gasteiger partial charge in [0.15, 0.2) is 0 Å². The number of thioether (sulfide) groups is 1. The normalized spacial score (nSPS) is 15.5. The van der Waals surface area contributed by atoms with Crippen LogP contribution in [0.25, 0.3) is 0 Å². The molecule has 0 heterocycles. The highest BCUT2D eigenvalue weighted by Crippen LogP contribution is 2.48. The van der Waals surface area contributed by atoms with Gasteiger partial charge in [0, 0.05) is 97.4 Å². The number of hydrogen-bond donors (Lipinski definition) is 2. The molecule has 0 aromatic heterocycles. The first-order valence-corrected chi connectivity index (χ1v) is 38.1. The van der Waals surface area contributed by atoms with E-state index in [1.807, 2.05) is 118 Å². The second-order valence-corrected chi connectivity index (χ2v) is 28.7. The molecule has 0 fully saturated rings. The molecule has 14 atom stereocenters. The molecular weight excluding hydrogens is 1370 g/mol. The molecule has 22 heteroatoms. The third-order valence-corrected chi connectivity index (χ3v) is 19.9. The van der Waals surface area contributed by atoms with Crippen molar-refractivity contribution in [1.29, 1.82) is 0 Å². The Hall–Kier alpha value is -6.05. The molecule has 0 aliphatic carbocycles. The Morgan fingerprint density at radius 1 is 0.491 bits per heavy atom. The zero-order valence-electron chi connectivity index (χ0n) is 66.2. The van der Waals surface area contributed by atoms with E-state index in [0.29, 0.717) is 71.6 Å². The molecule has 3 rings (SSSR count). The van der Waals surface area contributed by atoms with Crippen LogP contribution in [0.4, 0.5) is 0 Å². The minimum Gasteiger partial charge on any atom is -0.480 e. The number of aliphatic hydroxyl groups is 1. The number of hydrogen-bond acceptors (Lipinski definition) is 19. The average molecular weight is 1510 g/mol. The van der Waals surface area contributed by atoms with Crippen molar-refractivity contribution in [2.75, 3.05) is 101 Å². The highest BCUT2D eigenvalue weighted by molar-refractivity contribution is 8.00. The molecule has 0 radical (unpaired) electrons. The summed E-state index contributed by atoms with van der Waals surface area (Å²) in [5.74, 6) is -1.40. The van der Waals surface area contributed by atoms with Crippen molar-refractivity contribution in [2.45, 2.75) is 216 Å². The first kappa shape index (κ1) is 102. The molecule has 0 saturated carbocycles. The molecule has 2 amide bonds. The Morgan fingerprint density at radius 3 is 1.23 bits per heavy atom. The Balaban J connectivity index is 0. The van der Waals surface area contributed by atoms with Crippen LogP contribution in [0.15, 0.2) is 116 Å². The van der Waals surface area contributed by atoms with Crippen LogP contribution in [0.1, 0.15) is 179 Å². The predicted octanol–water partition coefficient (Wildman–Crippen LogP) is 15.2. The average Bonchev–Trinajstić information content (AvgIpc) is 0.759. The van der Waals surface area contributed by atoms with Gasteiger partial charge in [-0.1, -0.05) is 208 Å². The summed E-state index contributed by atoms with van der Waals surface area (Å²) in [6, 6.07) is 31.6. The molecule has 21 nitrogen and oxygen atoms in total. The van der Waals surface area contributed by atoms with Gasteiger partial charge in [0.1, 0.15) is 31.5 Å². The number of carboxylic acids is 1. The molecule has 3 aromatic carbocycles. The second-order valence-electron chi connectivity index (χ2n) is 27.4. The number of ether oxygens (including phenoxy) is 11. The lowest BCUT2D eigenvalue weighted by Crippen LogP contribution is -2.39. The van der Waals surface area contributed by atoms with Gasteiger partial charge in [0.25, 0.3) is 0 Å². The van der Waals surface area contributed by atoms with Crippen LogP contribution in [0, 0.1) is 47.3 Å². The Labute approximate surface area is 643 Å². The van der Waals surface area contributed by atoms with Crippen LogP contribution in [-0.4, -0.2) is 207 Å². The monoisotopic (exact) mass is 1510 g/mol. The highest BCUT2D eigenvalue weighted by Gasteiger charge is 2.38. The first-order chi connectivity index (χ1) is 49.7. The van der Waals surface area contributed by atoms with Crippen LogP contribution in [0.5, 0.6) is 0 Å². The van der Waals surface area contributed by atoms with E-state index in [1.165, 1.54) is 26.5 Å². The Morgan fingerprint density at radius 2 is 0.877 bits per heavy atom. The lowest BCUT2D eigenvalue weighted by Gasteiger charge is -2.35. The van der Waals surface area contributed by atoms with Crippen LogP contribution in [0.2, 0.25) is 0 Å². The van der Waals surface area contributed by atoms with Crippen molar-refractivity contribution in [2.24, 2.45) is 47.3 Å². The molecule has 0 aliphatic heterocycles. The fourth-order valence-electron chi connectivity index (χ4n) is 12.0. The van der Waals surface area contributed by atoms with Gasteiger partial charge >= 0.3 is 23.9 Å². The number of methoxy groups -OCH3 is 4. The molecule has 0 spiro atoms. The number of amides is 2. The molecule has 3 aromatic rings. The van der Waals surface area contributed by atoms with Gasteiger partial charge in [-0.15, -0.1) is 11.8 Å². The second kappa shape index (κ2) is 59.8. The molecular formula is C84H140N2O19S. The van der Waals surface area contributed by atoms with E-state index in [9.17, 15) is 33.9 Å². The molecule has 106 heavy (non-hydrogen) atoms. The van der Waals surface area contributed by atoms with Crippen molar-refractivity contribution >= 4 is 48.5 Å². The lowest BCUT2D eigenvalue weighted by molar-refractivity contribution is -0.160. The van der Waals surface area contributed by atoms with Gasteiger partial charge in [-0.2, -0.15) is 0 Å². The molecule has 0 aliphatic rings. The minimum atomic E-state index is -0.969. The number of carbonyl (C=O) groups is 6. The summed E-state index contributed by atoms with van der Waals surface area (Å²) >= 11 is 1.84. The zero-order chi connectivity index (χ0) is 78.0. The largest absolute Gasteiger partial charge is 0.480 e. The van der Waals surface area contributed by atoms with Crippen molar-refractivity contribution in [3.63, 3.8) is 0 Å². The predicted molar refractivity (Wildman–Crippen MR) is 424 cm³/mol. The van der Waals surface area contributed by atoms with Crippen molar-refractivity contribution < 1.29 is 91.1 Å². The third-order valence-electron chi connectivity index (χ3n) is 18.4. The number of esters is 3. The molecule has 2 N–H and O–H groups in total. The van der Waals surface area contributed by atoms with E-state index in [4.69, 9.17) is 57.2 Å². The van der Waals surface area contributed by atoms with Gasteiger partial charge in [0.2, 0.25) is 12.8 Å². The summed E-state index contributed by atoms with van der Waals surface area (Å²) in [4.78, 5) is 72.6. The van der Waals surface area contributed by atoms with Gasteiger partial charge in [-0.05, 0) is 79.9 Å². The molecule has 606 valence electrons. The number of aliphatic hydroxyl groups excluding tert-OH is 1. The van der Waals surface area contributed by atoms with E-state index >= 15 is 0 Å². The molecule has 0 bridgehead atoms. The van der Waals surface area contributed by atoms with Crippen molar-refractivity contribution in [3.8, 4) is 0 Å². The fraction of sp³-hybridized carbons (Fsp3) is 0.667. The van der Waals surface area contributed by atoms with Gasteiger partial charge in [-0.25, -0.2) is 9.59 Å². The number of nitrogens with zero attached hydrogens (tertiary/aromatic N) is 2. The molecule has 0 saturated heterocycles. The maximum absolute atomic E-state index is 12.6. The van der Waals surface area contributed by atoms with E-state index in [2.05, 4.69) is 86.6 Å². The standard InChI is InChI=1S/C32H59NO9.C25H47NO6.C25H26O4S.2CH4/c1-11-17-39-18-19-40-21-30(35)41-27(12-2)20-29(37-9)24(5)13-14-28(42-32(36)23(3)4)26(7)31(38-10)25(6)15-16-33(8)22-34;1-10-21(28)15-23(30-8)18(4)11-12-22(32-25(29)17(2)3)20(6)24(31-9)19(5)13-14-26(7)16-27;26-24(27)20-29-17-16-28-18-19-30-25(21-10-4-1-5-11-21,22-12-6-2-7-13-22)23-14-8-3-9-15-23;;/h15-16,22-29,31H,11-14,17-21H2,1-10H3;13-14,16-24,28H,10-12,15H2,1-9H3;1-15H,16-20H2,(H,26,27);2*1H4/b16-15+;14-13+;;;/t24-,25+,26-,27+,28?,29-,31+;18-,19+,20-,21+,22?,23-,24+;;;/m00.../s1. The molecule has 2 unspecified atom stereocenters. The quantitative estimate of drug-likeness (QED) is 0.0175. The maximum Gasteiger partial charge on any atom is 0.332 e. The summed E-state index contributed by atoms with van der Waals surface area (Å²) in [6.45, 7) is 27.9. The van der Waals surface area contributed by atoms with E-state index in [-0.39, 0.29) is 148 Å². The summed E-state index contributed by atoms with van der Waals surface area (Å²) in [6.07, 6.45) is 13.0. The van der Waals surface area contributed by atoms with Crippen LogP contribution in [-0.2, 0) is 85.6 Å². The number of carboxylic acid groups (broad SMARTS) is 1. The highest BCUT2D eigenvalue weighted by atomic mass is 32.2. The number of rotatable bonds is 54. The number of benzene rings is 3. The zero-order valence-corrected chi connectivity index (χ0v) is 67.0. The minimum absolute atomic E-state index is 0. The fourth-order valence-corrected chi connectivity index (χ4v) is 13.4. The van der Waals surface area contributed by atoms with Gasteiger partial charge < -0.3 is 72.1 Å². The summed E-state index contributed by atoms with van der Waals surface area (Å²) in [5.41, 5.74) is 3.66. The van der Waals surface area contributed by atoms with Crippen molar-refractivity contribution in [1.82, 2.24) is 9.80 Å². The van der Waals surface area contributed by atoms with E-state index < -0.39 is 11.9 Å². The number of carbonyl (C=O) groups excluding carboxylic acids is 5. The van der Waals surface area contributed by atoms with Crippen LogP contribution < -0.4 is 0 Å². The first-order valence-electron chi connectivity index (χ1n) is 37.1.